The Bertz CT molecular complexity index is 306. The molecule has 0 amide bonds. The zero-order chi connectivity index (χ0) is 16.3. The summed E-state index contributed by atoms with van der Waals surface area (Å²) >= 11 is 0. The highest BCUT2D eigenvalue weighted by Crippen LogP contribution is 2.63. The van der Waals surface area contributed by atoms with Crippen LogP contribution in [0.25, 0.3) is 0 Å². The van der Waals surface area contributed by atoms with E-state index in [4.69, 9.17) is 0 Å². The summed E-state index contributed by atoms with van der Waals surface area (Å²) in [7, 11) is 0. The molecule has 0 aromatic heterocycles. The quantitative estimate of drug-likeness (QED) is 0.458. The van der Waals surface area contributed by atoms with Crippen molar-refractivity contribution in [2.75, 3.05) is 0 Å². The van der Waals surface area contributed by atoms with Gasteiger partial charge in [-0.2, -0.15) is 0 Å². The Labute approximate surface area is 129 Å². The predicted molar refractivity (Wildman–Crippen MR) is 96.2 cm³/mol. The lowest BCUT2D eigenvalue weighted by molar-refractivity contribution is 0.618. The van der Waals surface area contributed by atoms with E-state index in [1.807, 2.05) is 41.5 Å². The van der Waals surface area contributed by atoms with Crippen molar-refractivity contribution >= 4 is 0 Å². The highest BCUT2D eigenvalue weighted by Gasteiger charge is 2.53. The van der Waals surface area contributed by atoms with Crippen LogP contribution >= 0.6 is 0 Å². The van der Waals surface area contributed by atoms with Gasteiger partial charge in [0.05, 0.1) is 0 Å². The molecule has 0 bridgehead atoms. The smallest absolute Gasteiger partial charge is 0.00472 e. The van der Waals surface area contributed by atoms with Gasteiger partial charge in [-0.05, 0) is 44.4 Å². The summed E-state index contributed by atoms with van der Waals surface area (Å²) in [6.07, 6.45) is 7.69. The van der Waals surface area contributed by atoms with Gasteiger partial charge in [-0.3, -0.25) is 0 Å². The van der Waals surface area contributed by atoms with Crippen LogP contribution in [0.3, 0.4) is 0 Å². The van der Waals surface area contributed by atoms with Gasteiger partial charge in [-0.1, -0.05) is 84.6 Å². The molecular weight excluding hydrogens is 240 g/mol. The second-order valence-corrected chi connectivity index (χ2v) is 5.32. The molecule has 2 atom stereocenters. The van der Waals surface area contributed by atoms with Crippen molar-refractivity contribution in [3.63, 3.8) is 0 Å². The van der Waals surface area contributed by atoms with Crippen molar-refractivity contribution in [1.82, 2.24) is 0 Å². The molecule has 0 aliphatic heterocycles. The second kappa shape index (κ2) is 11.2. The van der Waals surface area contributed by atoms with E-state index in [2.05, 4.69) is 33.8 Å². The fourth-order valence-electron chi connectivity index (χ4n) is 2.93. The van der Waals surface area contributed by atoms with Crippen LogP contribution in [0.2, 0.25) is 0 Å². The van der Waals surface area contributed by atoms with Crippen LogP contribution in [0.4, 0.5) is 0 Å². The minimum Gasteiger partial charge on any atom is -0.0810 e. The van der Waals surface area contributed by atoms with Crippen molar-refractivity contribution in [2.45, 2.75) is 94.9 Å². The van der Waals surface area contributed by atoms with Crippen molar-refractivity contribution in [3.8, 4) is 0 Å². The molecule has 1 fully saturated rings. The van der Waals surface area contributed by atoms with E-state index in [1.54, 1.807) is 16.7 Å². The van der Waals surface area contributed by atoms with Gasteiger partial charge in [-0.15, -0.1) is 0 Å². The minimum atomic E-state index is 0.544. The average molecular weight is 281 g/mol. The van der Waals surface area contributed by atoms with E-state index in [-0.39, 0.29) is 0 Å². The Morgan fingerprint density at radius 1 is 1.05 bits per heavy atom. The molecule has 0 radical (unpaired) electrons. The van der Waals surface area contributed by atoms with Gasteiger partial charge < -0.3 is 0 Å². The Balaban J connectivity index is 0. The Kier molecular flexibility index (Phi) is 12.2. The molecule has 2 rings (SSSR count). The molecule has 0 spiro atoms. The van der Waals surface area contributed by atoms with Gasteiger partial charge >= 0.3 is 0 Å². The van der Waals surface area contributed by atoms with E-state index < -0.39 is 0 Å². The molecular formula is C20H40. The largest absolute Gasteiger partial charge is 0.0810 e. The summed E-state index contributed by atoms with van der Waals surface area (Å²) < 4.78 is 0. The van der Waals surface area contributed by atoms with Crippen LogP contribution in [0.1, 0.15) is 94.9 Å². The Morgan fingerprint density at radius 2 is 1.55 bits per heavy atom. The predicted octanol–water partition coefficient (Wildman–Crippen LogP) is 7.56. The maximum absolute atomic E-state index is 2.46. The van der Waals surface area contributed by atoms with Crippen LogP contribution in [0, 0.1) is 11.3 Å². The van der Waals surface area contributed by atoms with Gasteiger partial charge in [0.25, 0.3) is 0 Å². The first kappa shape index (κ1) is 21.8. The first-order chi connectivity index (χ1) is 9.59. The van der Waals surface area contributed by atoms with Gasteiger partial charge in [0.15, 0.2) is 0 Å². The van der Waals surface area contributed by atoms with E-state index in [9.17, 15) is 0 Å². The molecule has 2 aliphatic carbocycles. The first-order valence-corrected chi connectivity index (χ1v) is 8.95. The number of hydrogen-bond donors (Lipinski definition) is 0. The molecule has 120 valence electrons. The van der Waals surface area contributed by atoms with Gasteiger partial charge in [-0.25, -0.2) is 0 Å². The summed E-state index contributed by atoms with van der Waals surface area (Å²) in [5.41, 5.74) is 5.61. The summed E-state index contributed by atoms with van der Waals surface area (Å²) in [6.45, 7) is 21.4. The molecule has 0 nitrogen and oxygen atoms in total. The lowest BCUT2D eigenvalue weighted by Crippen LogP contribution is -2.01. The Morgan fingerprint density at radius 3 is 2.00 bits per heavy atom. The minimum absolute atomic E-state index is 0.544. The normalized spacial score (nSPS) is 26.3. The van der Waals surface area contributed by atoms with Crippen molar-refractivity contribution in [2.24, 2.45) is 11.3 Å². The van der Waals surface area contributed by atoms with E-state index in [0.717, 1.165) is 5.92 Å². The Hall–Kier alpha value is -0.520. The molecule has 0 heterocycles. The molecule has 1 saturated carbocycles. The molecule has 20 heavy (non-hydrogen) atoms. The summed E-state index contributed by atoms with van der Waals surface area (Å²) in [5, 5.41) is 0. The van der Waals surface area contributed by atoms with Crippen LogP contribution in [0.5, 0.6) is 0 Å². The SMILES string of the molecule is CC.CC.CC.CCCC1=C(C)CC=C(C)C2(C)CC12. The zero-order valence-corrected chi connectivity index (χ0v) is 16.0. The first-order valence-electron chi connectivity index (χ1n) is 8.95. The molecule has 0 aromatic carbocycles. The molecule has 2 aliphatic rings. The second-order valence-electron chi connectivity index (χ2n) is 5.32. The van der Waals surface area contributed by atoms with Gasteiger partial charge in [0, 0.05) is 0 Å². The number of fused-ring (bicyclic) bond motifs is 1. The third-order valence-corrected chi connectivity index (χ3v) is 4.34. The third kappa shape index (κ3) is 5.11. The van der Waals surface area contributed by atoms with Gasteiger partial charge in [0.1, 0.15) is 0 Å². The fourth-order valence-corrected chi connectivity index (χ4v) is 2.93. The van der Waals surface area contributed by atoms with Crippen LogP contribution in [-0.2, 0) is 0 Å². The van der Waals surface area contributed by atoms with E-state index >= 15 is 0 Å². The summed E-state index contributed by atoms with van der Waals surface area (Å²) in [5.74, 6) is 0.890. The zero-order valence-electron chi connectivity index (χ0n) is 16.0. The number of allylic oxidation sites excluding steroid dienone is 4. The average Bonchev–Trinajstić information content (AvgIpc) is 3.21. The van der Waals surface area contributed by atoms with Gasteiger partial charge in [0.2, 0.25) is 0 Å². The lowest BCUT2D eigenvalue weighted by Gasteiger charge is -2.12. The van der Waals surface area contributed by atoms with E-state index in [0.29, 0.717) is 5.41 Å². The van der Waals surface area contributed by atoms with Crippen LogP contribution in [0.15, 0.2) is 22.8 Å². The van der Waals surface area contributed by atoms with Crippen molar-refractivity contribution in [1.29, 1.82) is 0 Å². The summed E-state index contributed by atoms with van der Waals surface area (Å²) in [6, 6.07) is 0. The monoisotopic (exact) mass is 280 g/mol. The summed E-state index contributed by atoms with van der Waals surface area (Å²) in [4.78, 5) is 0. The highest BCUT2D eigenvalue weighted by atomic mass is 14.6. The van der Waals surface area contributed by atoms with Crippen LogP contribution < -0.4 is 0 Å². The third-order valence-electron chi connectivity index (χ3n) is 4.34. The maximum atomic E-state index is 2.46. The lowest BCUT2D eigenvalue weighted by atomic mass is 9.93. The van der Waals surface area contributed by atoms with Crippen LogP contribution in [-0.4, -0.2) is 0 Å². The fraction of sp³-hybridized carbons (Fsp3) is 0.800. The van der Waals surface area contributed by atoms with Crippen molar-refractivity contribution in [3.05, 3.63) is 22.8 Å². The molecule has 0 aromatic rings. The molecule has 0 N–H and O–H groups in total. The molecule has 0 heteroatoms. The molecule has 2 unspecified atom stereocenters. The van der Waals surface area contributed by atoms with E-state index in [1.165, 1.54) is 25.7 Å². The number of rotatable bonds is 2. The standard InChI is InChI=1S/C14H22.3C2H6/c1-5-6-12-10(2)7-8-11(3)14(4)9-13(12)14;3*1-2/h8,13H,5-7,9H2,1-4H3;3*1-2H3. The molecule has 0 saturated heterocycles. The topological polar surface area (TPSA) is 0 Å². The maximum Gasteiger partial charge on any atom is -0.00472 e. The highest BCUT2D eigenvalue weighted by molar-refractivity contribution is 5.37. The number of hydrogen-bond acceptors (Lipinski definition) is 0. The van der Waals surface area contributed by atoms with Crippen molar-refractivity contribution < 1.29 is 0 Å².